The van der Waals surface area contributed by atoms with Crippen molar-refractivity contribution in [2.45, 2.75) is 6.92 Å². The summed E-state index contributed by atoms with van der Waals surface area (Å²) in [5, 5.41) is 0. The van der Waals surface area contributed by atoms with Crippen LogP contribution in [-0.4, -0.2) is 4.57 Å². The first-order valence-corrected chi connectivity index (χ1v) is 5.41. The fourth-order valence-corrected chi connectivity index (χ4v) is 1.63. The van der Waals surface area contributed by atoms with Gasteiger partial charge in [-0.1, -0.05) is 15.9 Å². The number of halogens is 1. The van der Waals surface area contributed by atoms with Crippen molar-refractivity contribution in [3.63, 3.8) is 0 Å². The van der Waals surface area contributed by atoms with Crippen LogP contribution in [0.25, 0.3) is 5.69 Å². The molecule has 2 aromatic rings. The molecule has 0 saturated heterocycles. The molecular formula is C12H10BrNO. The van der Waals surface area contributed by atoms with Crippen LogP contribution >= 0.6 is 15.9 Å². The van der Waals surface area contributed by atoms with Crippen molar-refractivity contribution in [3.05, 3.63) is 63.0 Å². The number of pyridine rings is 1. The van der Waals surface area contributed by atoms with E-state index < -0.39 is 0 Å². The van der Waals surface area contributed by atoms with E-state index in [2.05, 4.69) is 15.9 Å². The molecule has 2 rings (SSSR count). The minimum absolute atomic E-state index is 0.0726. The van der Waals surface area contributed by atoms with E-state index in [-0.39, 0.29) is 5.43 Å². The molecule has 0 N–H and O–H groups in total. The number of nitrogens with zero attached hydrogens (tertiary/aromatic N) is 1. The molecule has 2 nitrogen and oxygen atoms in total. The van der Waals surface area contributed by atoms with Gasteiger partial charge in [0.1, 0.15) is 0 Å². The molecule has 0 unspecified atom stereocenters. The van der Waals surface area contributed by atoms with E-state index in [0.29, 0.717) is 0 Å². The van der Waals surface area contributed by atoms with Gasteiger partial charge in [-0.3, -0.25) is 4.79 Å². The predicted octanol–water partition coefficient (Wildman–Crippen LogP) is 2.91. The van der Waals surface area contributed by atoms with Crippen molar-refractivity contribution >= 4 is 15.9 Å². The SMILES string of the molecule is Cc1cn(-c2ccc(Br)cc2)ccc1=O. The zero-order chi connectivity index (χ0) is 10.8. The van der Waals surface area contributed by atoms with Crippen LogP contribution in [0.5, 0.6) is 0 Å². The Labute approximate surface area is 96.3 Å². The quantitative estimate of drug-likeness (QED) is 0.776. The Kier molecular flexibility index (Phi) is 2.73. The second-order valence-corrected chi connectivity index (χ2v) is 4.29. The predicted molar refractivity (Wildman–Crippen MR) is 64.5 cm³/mol. The molecular weight excluding hydrogens is 254 g/mol. The summed E-state index contributed by atoms with van der Waals surface area (Å²) in [6.07, 6.45) is 3.62. The van der Waals surface area contributed by atoms with Gasteiger partial charge in [-0.15, -0.1) is 0 Å². The fourth-order valence-electron chi connectivity index (χ4n) is 1.37. The van der Waals surface area contributed by atoms with E-state index in [4.69, 9.17) is 0 Å². The molecule has 15 heavy (non-hydrogen) atoms. The lowest BCUT2D eigenvalue weighted by Gasteiger charge is -2.06. The lowest BCUT2D eigenvalue weighted by molar-refractivity contribution is 1.02. The standard InChI is InChI=1S/C12H10BrNO/c1-9-8-14(7-6-12(9)15)11-4-2-10(13)3-5-11/h2-8H,1H3. The van der Waals surface area contributed by atoms with Gasteiger partial charge in [0.05, 0.1) is 0 Å². The molecule has 0 spiro atoms. The van der Waals surface area contributed by atoms with Gasteiger partial charge in [0.2, 0.25) is 0 Å². The number of aromatic nitrogens is 1. The first-order chi connectivity index (χ1) is 7.16. The summed E-state index contributed by atoms with van der Waals surface area (Å²) in [5.41, 5.74) is 1.87. The maximum Gasteiger partial charge on any atom is 0.184 e. The first-order valence-electron chi connectivity index (χ1n) is 4.62. The zero-order valence-electron chi connectivity index (χ0n) is 8.27. The molecule has 0 fully saturated rings. The Bertz CT molecular complexity index is 528. The normalized spacial score (nSPS) is 10.3. The van der Waals surface area contributed by atoms with Crippen LogP contribution in [0.4, 0.5) is 0 Å². The van der Waals surface area contributed by atoms with Gasteiger partial charge in [-0.2, -0.15) is 0 Å². The van der Waals surface area contributed by atoms with Gasteiger partial charge in [0.25, 0.3) is 0 Å². The summed E-state index contributed by atoms with van der Waals surface area (Å²) in [6.45, 7) is 1.82. The van der Waals surface area contributed by atoms with Crippen LogP contribution in [0.3, 0.4) is 0 Å². The second-order valence-electron chi connectivity index (χ2n) is 3.38. The van der Waals surface area contributed by atoms with Crippen LogP contribution in [0, 0.1) is 6.92 Å². The molecule has 1 aromatic heterocycles. The second kappa shape index (κ2) is 4.03. The molecule has 76 valence electrons. The van der Waals surface area contributed by atoms with Crippen molar-refractivity contribution in [1.82, 2.24) is 4.57 Å². The summed E-state index contributed by atoms with van der Waals surface area (Å²) in [6, 6.07) is 9.52. The lowest BCUT2D eigenvalue weighted by atomic mass is 10.2. The van der Waals surface area contributed by atoms with E-state index in [1.54, 1.807) is 12.3 Å². The lowest BCUT2D eigenvalue weighted by Crippen LogP contribution is -2.07. The highest BCUT2D eigenvalue weighted by Crippen LogP contribution is 2.13. The Balaban J connectivity index is 2.50. The van der Waals surface area contributed by atoms with Crippen molar-refractivity contribution in [3.8, 4) is 5.69 Å². The Morgan fingerprint density at radius 1 is 1.13 bits per heavy atom. The first kappa shape index (κ1) is 10.2. The topological polar surface area (TPSA) is 22.0 Å². The minimum atomic E-state index is 0.0726. The molecule has 1 heterocycles. The van der Waals surface area contributed by atoms with Gasteiger partial charge < -0.3 is 4.57 Å². The highest BCUT2D eigenvalue weighted by Gasteiger charge is 1.97. The summed E-state index contributed by atoms with van der Waals surface area (Å²) in [7, 11) is 0. The third-order valence-electron chi connectivity index (χ3n) is 2.23. The van der Waals surface area contributed by atoms with Crippen molar-refractivity contribution in [2.24, 2.45) is 0 Å². The van der Waals surface area contributed by atoms with E-state index in [1.807, 2.05) is 42.0 Å². The average molecular weight is 264 g/mol. The summed E-state index contributed by atoms with van der Waals surface area (Å²) in [4.78, 5) is 11.2. The van der Waals surface area contributed by atoms with Crippen molar-refractivity contribution < 1.29 is 0 Å². The van der Waals surface area contributed by atoms with Gasteiger partial charge in [0, 0.05) is 34.2 Å². The molecule has 0 aliphatic heterocycles. The van der Waals surface area contributed by atoms with Crippen molar-refractivity contribution in [1.29, 1.82) is 0 Å². The highest BCUT2D eigenvalue weighted by atomic mass is 79.9. The molecule has 0 radical (unpaired) electrons. The average Bonchev–Trinajstić information content (AvgIpc) is 2.23. The zero-order valence-corrected chi connectivity index (χ0v) is 9.86. The smallest absolute Gasteiger partial charge is 0.184 e. The molecule has 0 aliphatic carbocycles. The van der Waals surface area contributed by atoms with E-state index in [1.165, 1.54) is 0 Å². The van der Waals surface area contributed by atoms with Crippen LogP contribution in [-0.2, 0) is 0 Å². The van der Waals surface area contributed by atoms with Gasteiger partial charge >= 0.3 is 0 Å². The van der Waals surface area contributed by atoms with Crippen molar-refractivity contribution in [2.75, 3.05) is 0 Å². The molecule has 0 amide bonds. The number of hydrogen-bond donors (Lipinski definition) is 0. The molecule has 0 saturated carbocycles. The Morgan fingerprint density at radius 2 is 1.80 bits per heavy atom. The monoisotopic (exact) mass is 263 g/mol. The van der Waals surface area contributed by atoms with E-state index in [9.17, 15) is 4.79 Å². The van der Waals surface area contributed by atoms with Gasteiger partial charge in [-0.05, 0) is 31.2 Å². The van der Waals surface area contributed by atoms with Gasteiger partial charge in [-0.25, -0.2) is 0 Å². The fraction of sp³-hybridized carbons (Fsp3) is 0.0833. The summed E-state index contributed by atoms with van der Waals surface area (Å²) in [5.74, 6) is 0. The largest absolute Gasteiger partial charge is 0.323 e. The molecule has 3 heteroatoms. The maximum absolute atomic E-state index is 11.2. The van der Waals surface area contributed by atoms with Crippen LogP contribution < -0.4 is 5.43 Å². The van der Waals surface area contributed by atoms with E-state index in [0.717, 1.165) is 15.7 Å². The van der Waals surface area contributed by atoms with Crippen LogP contribution in [0.2, 0.25) is 0 Å². The van der Waals surface area contributed by atoms with Gasteiger partial charge in [0.15, 0.2) is 5.43 Å². The molecule has 0 bridgehead atoms. The molecule has 0 aliphatic rings. The van der Waals surface area contributed by atoms with Crippen LogP contribution in [0.15, 0.2) is 52.0 Å². The molecule has 1 aromatic carbocycles. The number of hydrogen-bond acceptors (Lipinski definition) is 1. The number of aryl methyl sites for hydroxylation is 1. The third-order valence-corrected chi connectivity index (χ3v) is 2.76. The number of rotatable bonds is 1. The van der Waals surface area contributed by atoms with Crippen LogP contribution in [0.1, 0.15) is 5.56 Å². The minimum Gasteiger partial charge on any atom is -0.323 e. The van der Waals surface area contributed by atoms with E-state index >= 15 is 0 Å². The Hall–Kier alpha value is -1.35. The molecule has 0 atom stereocenters. The third kappa shape index (κ3) is 2.18. The highest BCUT2D eigenvalue weighted by molar-refractivity contribution is 9.10. The summed E-state index contributed by atoms with van der Waals surface area (Å²) >= 11 is 3.38. The maximum atomic E-state index is 11.2. The Morgan fingerprint density at radius 3 is 2.40 bits per heavy atom. The number of benzene rings is 1. The summed E-state index contributed by atoms with van der Waals surface area (Å²) < 4.78 is 2.98.